The van der Waals surface area contributed by atoms with Crippen molar-refractivity contribution >= 4 is 23.8 Å². The van der Waals surface area contributed by atoms with Gasteiger partial charge in [0.1, 0.15) is 12.3 Å². The number of carboxylic acid groups (broad SMARTS) is 1. The van der Waals surface area contributed by atoms with Crippen LogP contribution in [0.15, 0.2) is 54.6 Å². The zero-order valence-corrected chi connectivity index (χ0v) is 19.2. The minimum Gasteiger partial charge on any atom is -0.481 e. The number of hydrogen-bond donors (Lipinski definition) is 3. The number of carbonyl (C=O) groups excluding carboxylic acids is 2. The smallest absolute Gasteiger partial charge is 0.412 e. The molecule has 2 aromatic carbocycles. The molecular formula is C25H26N4O5. The van der Waals surface area contributed by atoms with Crippen molar-refractivity contribution in [1.82, 2.24) is 15.1 Å². The van der Waals surface area contributed by atoms with Crippen molar-refractivity contribution in [2.75, 3.05) is 18.5 Å². The highest BCUT2D eigenvalue weighted by Crippen LogP contribution is 2.44. The summed E-state index contributed by atoms with van der Waals surface area (Å²) >= 11 is 0. The van der Waals surface area contributed by atoms with Crippen LogP contribution in [-0.4, -0.2) is 46.0 Å². The van der Waals surface area contributed by atoms with E-state index < -0.39 is 23.4 Å². The van der Waals surface area contributed by atoms with Gasteiger partial charge in [0.25, 0.3) is 5.91 Å². The number of aliphatic carboxylic acids is 1. The molecule has 1 aliphatic rings. The van der Waals surface area contributed by atoms with Crippen LogP contribution in [0.2, 0.25) is 0 Å². The van der Waals surface area contributed by atoms with E-state index in [0.717, 1.165) is 22.3 Å². The highest BCUT2D eigenvalue weighted by Gasteiger charge is 2.30. The van der Waals surface area contributed by atoms with Crippen molar-refractivity contribution in [2.24, 2.45) is 12.5 Å². The van der Waals surface area contributed by atoms with Crippen LogP contribution in [0.4, 0.5) is 10.6 Å². The third-order valence-electron chi connectivity index (χ3n) is 5.96. The molecule has 1 aromatic heterocycles. The van der Waals surface area contributed by atoms with E-state index in [-0.39, 0.29) is 30.6 Å². The van der Waals surface area contributed by atoms with Gasteiger partial charge in [-0.1, -0.05) is 48.5 Å². The second kappa shape index (κ2) is 9.01. The van der Waals surface area contributed by atoms with Crippen LogP contribution in [0.1, 0.15) is 41.4 Å². The van der Waals surface area contributed by atoms with Crippen molar-refractivity contribution in [3.05, 3.63) is 71.4 Å². The molecule has 0 saturated carbocycles. The van der Waals surface area contributed by atoms with Crippen molar-refractivity contribution in [2.45, 2.75) is 19.8 Å². The molecule has 1 aliphatic carbocycles. The third-order valence-corrected chi connectivity index (χ3v) is 5.96. The first-order chi connectivity index (χ1) is 16.2. The fourth-order valence-corrected chi connectivity index (χ4v) is 3.95. The van der Waals surface area contributed by atoms with E-state index >= 15 is 0 Å². The summed E-state index contributed by atoms with van der Waals surface area (Å²) in [6.07, 6.45) is -0.682. The van der Waals surface area contributed by atoms with E-state index in [1.165, 1.54) is 24.6 Å². The number of hydrogen-bond acceptors (Lipinski definition) is 5. The summed E-state index contributed by atoms with van der Waals surface area (Å²) in [7, 11) is 1.56. The molecule has 9 heteroatoms. The molecule has 3 aromatic rings. The van der Waals surface area contributed by atoms with Gasteiger partial charge in [0.2, 0.25) is 0 Å². The number of carboxylic acids is 1. The van der Waals surface area contributed by atoms with Crippen LogP contribution in [-0.2, 0) is 16.6 Å². The number of aryl methyl sites for hydroxylation is 1. The number of aromatic nitrogens is 2. The van der Waals surface area contributed by atoms with Gasteiger partial charge in [-0.2, -0.15) is 5.10 Å². The van der Waals surface area contributed by atoms with Crippen molar-refractivity contribution in [3.8, 4) is 11.1 Å². The van der Waals surface area contributed by atoms with E-state index in [9.17, 15) is 19.5 Å². The Morgan fingerprint density at radius 2 is 1.65 bits per heavy atom. The van der Waals surface area contributed by atoms with Crippen molar-refractivity contribution in [1.29, 1.82) is 0 Å². The third kappa shape index (κ3) is 4.50. The minimum atomic E-state index is -1.11. The van der Waals surface area contributed by atoms with E-state index in [2.05, 4.69) is 27.9 Å². The van der Waals surface area contributed by atoms with Gasteiger partial charge in [0, 0.05) is 25.6 Å². The van der Waals surface area contributed by atoms with Gasteiger partial charge >= 0.3 is 12.1 Å². The molecule has 0 unspecified atom stereocenters. The highest BCUT2D eigenvalue weighted by atomic mass is 16.5. The molecular weight excluding hydrogens is 436 g/mol. The Kier molecular flexibility index (Phi) is 6.10. The van der Waals surface area contributed by atoms with E-state index in [4.69, 9.17) is 4.74 Å². The predicted octanol–water partition coefficient (Wildman–Crippen LogP) is 3.62. The second-order valence-corrected chi connectivity index (χ2v) is 8.86. The van der Waals surface area contributed by atoms with Crippen LogP contribution in [0.3, 0.4) is 0 Å². The molecule has 3 N–H and O–H groups in total. The fraction of sp³-hybridized carbons (Fsp3) is 0.280. The second-order valence-electron chi connectivity index (χ2n) is 8.86. The maximum absolute atomic E-state index is 12.5. The Morgan fingerprint density at radius 1 is 1.06 bits per heavy atom. The number of ether oxygens (including phenoxy) is 1. The Morgan fingerprint density at radius 3 is 2.24 bits per heavy atom. The number of carbonyl (C=O) groups is 3. The maximum Gasteiger partial charge on any atom is 0.412 e. The van der Waals surface area contributed by atoms with Crippen molar-refractivity contribution < 1.29 is 24.2 Å². The maximum atomic E-state index is 12.5. The SMILES string of the molecule is Cn1nc(NC(=O)OCC2c3ccccc3-c3ccccc32)cc1C(=O)NCC(C)(C)C(=O)O. The molecule has 0 bridgehead atoms. The number of anilines is 1. The summed E-state index contributed by atoms with van der Waals surface area (Å²) in [5.74, 6) is -1.43. The van der Waals surface area contributed by atoms with Gasteiger partial charge in [-0.05, 0) is 36.1 Å². The Labute approximate surface area is 196 Å². The summed E-state index contributed by atoms with van der Waals surface area (Å²) < 4.78 is 6.81. The summed E-state index contributed by atoms with van der Waals surface area (Å²) in [6, 6.07) is 17.5. The first-order valence-electron chi connectivity index (χ1n) is 10.8. The minimum absolute atomic E-state index is 0.0541. The molecule has 1 heterocycles. The molecule has 2 amide bonds. The molecule has 0 fully saturated rings. The first-order valence-corrected chi connectivity index (χ1v) is 10.8. The average molecular weight is 463 g/mol. The lowest BCUT2D eigenvalue weighted by atomic mass is 9.94. The molecule has 0 spiro atoms. The van der Waals surface area contributed by atoms with Crippen LogP contribution < -0.4 is 10.6 Å². The zero-order chi connectivity index (χ0) is 24.5. The number of nitrogens with zero attached hydrogens (tertiary/aromatic N) is 2. The molecule has 176 valence electrons. The Balaban J connectivity index is 1.38. The zero-order valence-electron chi connectivity index (χ0n) is 19.2. The first kappa shape index (κ1) is 23.0. The van der Waals surface area contributed by atoms with Crippen LogP contribution >= 0.6 is 0 Å². The normalized spacial score (nSPS) is 12.6. The lowest BCUT2D eigenvalue weighted by Gasteiger charge is -2.19. The van der Waals surface area contributed by atoms with Gasteiger partial charge in [0.05, 0.1) is 5.41 Å². The predicted molar refractivity (Wildman–Crippen MR) is 126 cm³/mol. The number of benzene rings is 2. The molecule has 0 radical (unpaired) electrons. The van der Waals surface area contributed by atoms with Gasteiger partial charge in [-0.15, -0.1) is 0 Å². The topological polar surface area (TPSA) is 123 Å². The molecule has 0 saturated heterocycles. The Bertz CT molecular complexity index is 1220. The van der Waals surface area contributed by atoms with Crippen molar-refractivity contribution in [3.63, 3.8) is 0 Å². The van der Waals surface area contributed by atoms with Crippen LogP contribution in [0, 0.1) is 5.41 Å². The average Bonchev–Trinajstić information content (AvgIpc) is 3.33. The van der Waals surface area contributed by atoms with Gasteiger partial charge in [0.15, 0.2) is 5.82 Å². The quantitative estimate of drug-likeness (QED) is 0.493. The lowest BCUT2D eigenvalue weighted by molar-refractivity contribution is -0.146. The number of fused-ring (bicyclic) bond motifs is 3. The number of amides is 2. The van der Waals surface area contributed by atoms with E-state index in [1.54, 1.807) is 7.05 Å². The summed E-state index contributed by atoms with van der Waals surface area (Å²) in [5.41, 5.74) is 3.55. The van der Waals surface area contributed by atoms with Gasteiger partial charge in [-0.25, -0.2) is 4.79 Å². The monoisotopic (exact) mass is 462 g/mol. The number of nitrogens with one attached hydrogen (secondary N) is 2. The summed E-state index contributed by atoms with van der Waals surface area (Å²) in [6.45, 7) is 3.14. The standard InChI is InChI=1S/C25H26N4O5/c1-25(2,23(31)32)14-26-22(30)20-12-21(28-29(20)3)27-24(33)34-13-19-17-10-6-4-8-15(17)16-9-5-7-11-18(16)19/h4-12,19H,13-14H2,1-3H3,(H,26,30)(H,31,32)(H,27,28,33). The Hall–Kier alpha value is -4.14. The molecule has 0 aliphatic heterocycles. The van der Waals surface area contributed by atoms with Gasteiger partial charge in [-0.3, -0.25) is 19.6 Å². The summed E-state index contributed by atoms with van der Waals surface area (Å²) in [5, 5.41) is 18.5. The van der Waals surface area contributed by atoms with E-state index in [1.807, 2.05) is 36.4 Å². The molecule has 9 nitrogen and oxygen atoms in total. The highest BCUT2D eigenvalue weighted by molar-refractivity contribution is 5.95. The molecule has 34 heavy (non-hydrogen) atoms. The van der Waals surface area contributed by atoms with Gasteiger partial charge < -0.3 is 15.2 Å². The van der Waals surface area contributed by atoms with E-state index in [0.29, 0.717) is 0 Å². The molecule has 4 rings (SSSR count). The number of rotatable bonds is 7. The molecule has 0 atom stereocenters. The van der Waals surface area contributed by atoms with Crippen LogP contribution in [0.25, 0.3) is 11.1 Å². The largest absolute Gasteiger partial charge is 0.481 e. The van der Waals surface area contributed by atoms with Crippen LogP contribution in [0.5, 0.6) is 0 Å². The fourth-order valence-electron chi connectivity index (χ4n) is 3.95. The summed E-state index contributed by atoms with van der Waals surface area (Å²) in [4.78, 5) is 36.2. The lowest BCUT2D eigenvalue weighted by Crippen LogP contribution is -2.39.